The number of piperazine rings is 1. The van der Waals surface area contributed by atoms with Gasteiger partial charge < -0.3 is 15.4 Å². The summed E-state index contributed by atoms with van der Waals surface area (Å²) in [6, 6.07) is 9.46. The van der Waals surface area contributed by atoms with Gasteiger partial charge in [-0.15, -0.1) is 0 Å². The fraction of sp³-hybridized carbons (Fsp3) is 0.300. The highest BCUT2D eigenvalue weighted by molar-refractivity contribution is 7.89. The van der Waals surface area contributed by atoms with Crippen LogP contribution in [0.25, 0.3) is 0 Å². The third-order valence-corrected chi connectivity index (χ3v) is 6.79. The van der Waals surface area contributed by atoms with Crippen molar-refractivity contribution in [1.29, 1.82) is 0 Å². The van der Waals surface area contributed by atoms with Crippen molar-refractivity contribution in [2.24, 2.45) is 5.73 Å². The van der Waals surface area contributed by atoms with Crippen molar-refractivity contribution in [1.82, 2.24) is 9.21 Å². The van der Waals surface area contributed by atoms with Crippen LogP contribution in [0.1, 0.15) is 15.9 Å². The summed E-state index contributed by atoms with van der Waals surface area (Å²) in [5.41, 5.74) is 4.40. The van der Waals surface area contributed by atoms with Gasteiger partial charge in [-0.05, 0) is 42.5 Å². The summed E-state index contributed by atoms with van der Waals surface area (Å²) in [6.45, 7) is -0.270. The second-order valence-corrected chi connectivity index (χ2v) is 8.93. The first kappa shape index (κ1) is 23.5. The van der Waals surface area contributed by atoms with Gasteiger partial charge in [-0.3, -0.25) is 9.59 Å². The van der Waals surface area contributed by atoms with Gasteiger partial charge >= 0.3 is 6.18 Å². The highest BCUT2D eigenvalue weighted by Gasteiger charge is 2.34. The van der Waals surface area contributed by atoms with E-state index in [4.69, 9.17) is 10.5 Å². The van der Waals surface area contributed by atoms with E-state index in [1.807, 2.05) is 0 Å². The summed E-state index contributed by atoms with van der Waals surface area (Å²) < 4.78 is 70.6. The molecule has 0 spiro atoms. The number of sulfonamides is 1. The molecule has 2 amide bonds. The maximum absolute atomic E-state index is 12.9. The molecule has 8 nitrogen and oxygen atoms in total. The van der Waals surface area contributed by atoms with E-state index < -0.39 is 32.6 Å². The quantitative estimate of drug-likeness (QED) is 0.690. The van der Waals surface area contributed by atoms with Crippen molar-refractivity contribution in [3.63, 3.8) is 0 Å². The Morgan fingerprint density at radius 2 is 1.62 bits per heavy atom. The average Bonchev–Trinajstić information content (AvgIpc) is 2.77. The largest absolute Gasteiger partial charge is 0.484 e. The molecule has 32 heavy (non-hydrogen) atoms. The monoisotopic (exact) mass is 471 g/mol. The Labute approximate surface area is 182 Å². The minimum absolute atomic E-state index is 0.0579. The number of carbonyl (C=O) groups excluding carboxylic acids is 2. The van der Waals surface area contributed by atoms with Gasteiger partial charge in [-0.2, -0.15) is 17.5 Å². The molecule has 0 aromatic heterocycles. The molecule has 0 unspecified atom stereocenters. The fourth-order valence-corrected chi connectivity index (χ4v) is 4.58. The Morgan fingerprint density at radius 1 is 1.00 bits per heavy atom. The molecule has 0 radical (unpaired) electrons. The van der Waals surface area contributed by atoms with Gasteiger partial charge in [0.05, 0.1) is 10.5 Å². The van der Waals surface area contributed by atoms with Crippen molar-refractivity contribution in [2.45, 2.75) is 11.1 Å². The van der Waals surface area contributed by atoms with Gasteiger partial charge in [0.15, 0.2) is 6.61 Å². The van der Waals surface area contributed by atoms with E-state index in [2.05, 4.69) is 0 Å². The van der Waals surface area contributed by atoms with E-state index in [0.717, 1.165) is 22.5 Å². The normalized spacial score (nSPS) is 15.4. The topological polar surface area (TPSA) is 110 Å². The van der Waals surface area contributed by atoms with Crippen LogP contribution in [-0.4, -0.2) is 62.2 Å². The highest BCUT2D eigenvalue weighted by atomic mass is 32.2. The molecule has 0 saturated carbocycles. The molecule has 2 aromatic rings. The van der Waals surface area contributed by atoms with E-state index in [0.29, 0.717) is 17.4 Å². The molecule has 172 valence electrons. The second-order valence-electron chi connectivity index (χ2n) is 6.99. The summed E-state index contributed by atoms with van der Waals surface area (Å²) in [7, 11) is -4.13. The molecule has 0 bridgehead atoms. The number of halogens is 3. The number of amides is 2. The first-order valence-corrected chi connectivity index (χ1v) is 10.9. The Balaban J connectivity index is 1.57. The standard InChI is InChI=1S/C20H20F3N3O5S/c21-20(22,23)15-2-1-3-17(12-15)32(29,30)26-10-8-25(9-11-26)18(27)13-31-16-6-4-14(5-7-16)19(24)28/h1-7,12H,8-11,13H2,(H2,24,28). The summed E-state index contributed by atoms with van der Waals surface area (Å²) in [6.07, 6.45) is -4.66. The van der Waals surface area contributed by atoms with Crippen molar-refractivity contribution >= 4 is 21.8 Å². The van der Waals surface area contributed by atoms with Crippen LogP contribution in [0.4, 0.5) is 13.2 Å². The molecule has 12 heteroatoms. The Morgan fingerprint density at radius 3 is 2.19 bits per heavy atom. The van der Waals surface area contributed by atoms with Gasteiger partial charge in [0.25, 0.3) is 5.91 Å². The second kappa shape index (κ2) is 9.17. The van der Waals surface area contributed by atoms with Crippen LogP contribution < -0.4 is 10.5 Å². The van der Waals surface area contributed by atoms with E-state index in [1.54, 1.807) is 0 Å². The molecular weight excluding hydrogens is 451 g/mol. The average molecular weight is 471 g/mol. The van der Waals surface area contributed by atoms with Crippen molar-refractivity contribution < 1.29 is 35.9 Å². The number of alkyl halides is 3. The lowest BCUT2D eigenvalue weighted by Crippen LogP contribution is -2.51. The smallest absolute Gasteiger partial charge is 0.416 e. The molecule has 1 aliphatic rings. The SMILES string of the molecule is NC(=O)c1ccc(OCC(=O)N2CCN(S(=O)(=O)c3cccc(C(F)(F)F)c3)CC2)cc1. The summed E-state index contributed by atoms with van der Waals surface area (Å²) in [5.74, 6) is -0.611. The zero-order valence-corrected chi connectivity index (χ0v) is 17.5. The molecule has 1 heterocycles. The van der Waals surface area contributed by atoms with E-state index in [-0.39, 0.29) is 38.7 Å². The number of rotatable bonds is 6. The van der Waals surface area contributed by atoms with Gasteiger partial charge in [0.1, 0.15) is 5.75 Å². The third-order valence-electron chi connectivity index (χ3n) is 4.89. The minimum Gasteiger partial charge on any atom is -0.484 e. The maximum atomic E-state index is 12.9. The molecule has 2 N–H and O–H groups in total. The number of hydrogen-bond donors (Lipinski definition) is 1. The van der Waals surface area contributed by atoms with Crippen LogP contribution >= 0.6 is 0 Å². The number of nitrogens with two attached hydrogens (primary N) is 1. The Kier molecular flexibility index (Phi) is 6.74. The fourth-order valence-electron chi connectivity index (χ4n) is 3.11. The molecule has 1 fully saturated rings. The lowest BCUT2D eigenvalue weighted by Gasteiger charge is -2.34. The number of hydrogen-bond acceptors (Lipinski definition) is 5. The van der Waals surface area contributed by atoms with Crippen molar-refractivity contribution in [3.05, 3.63) is 59.7 Å². The lowest BCUT2D eigenvalue weighted by molar-refractivity contribution is -0.138. The van der Waals surface area contributed by atoms with Crippen LogP contribution in [0.15, 0.2) is 53.4 Å². The van der Waals surface area contributed by atoms with Crippen LogP contribution in [-0.2, 0) is 21.0 Å². The number of nitrogens with zero attached hydrogens (tertiary/aromatic N) is 2. The summed E-state index contributed by atoms with van der Waals surface area (Å²) >= 11 is 0. The predicted octanol–water partition coefficient (Wildman–Crippen LogP) is 1.72. The van der Waals surface area contributed by atoms with Crippen molar-refractivity contribution in [2.75, 3.05) is 32.8 Å². The third kappa shape index (κ3) is 5.37. The Bertz CT molecular complexity index is 1100. The van der Waals surface area contributed by atoms with Crippen LogP contribution in [0.2, 0.25) is 0 Å². The molecule has 2 aromatic carbocycles. The van der Waals surface area contributed by atoms with Gasteiger partial charge in [-0.25, -0.2) is 8.42 Å². The predicted molar refractivity (Wildman–Crippen MR) is 107 cm³/mol. The molecule has 3 rings (SSSR count). The summed E-state index contributed by atoms with van der Waals surface area (Å²) in [4.78, 5) is 24.4. The van der Waals surface area contributed by atoms with E-state index in [1.165, 1.54) is 29.2 Å². The maximum Gasteiger partial charge on any atom is 0.416 e. The Hall–Kier alpha value is -3.12. The zero-order chi connectivity index (χ0) is 23.5. The molecule has 0 aliphatic carbocycles. The molecule has 0 atom stereocenters. The van der Waals surface area contributed by atoms with Crippen LogP contribution in [0.3, 0.4) is 0 Å². The van der Waals surface area contributed by atoms with Gasteiger partial charge in [0.2, 0.25) is 15.9 Å². The molecular formula is C20H20F3N3O5S. The molecule has 1 aliphatic heterocycles. The van der Waals surface area contributed by atoms with Gasteiger partial charge in [-0.1, -0.05) is 6.07 Å². The molecule has 1 saturated heterocycles. The summed E-state index contributed by atoms with van der Waals surface area (Å²) in [5, 5.41) is 0. The number of carbonyl (C=O) groups is 2. The first-order valence-electron chi connectivity index (χ1n) is 9.46. The van der Waals surface area contributed by atoms with Gasteiger partial charge in [0, 0.05) is 31.7 Å². The van der Waals surface area contributed by atoms with E-state index in [9.17, 15) is 31.2 Å². The highest BCUT2D eigenvalue weighted by Crippen LogP contribution is 2.31. The number of primary amides is 1. The zero-order valence-electron chi connectivity index (χ0n) is 16.7. The van der Waals surface area contributed by atoms with Crippen molar-refractivity contribution in [3.8, 4) is 5.75 Å². The first-order chi connectivity index (χ1) is 15.0. The van der Waals surface area contributed by atoms with E-state index >= 15 is 0 Å². The number of benzene rings is 2. The van der Waals surface area contributed by atoms with Crippen LogP contribution in [0, 0.1) is 0 Å². The number of ether oxygens (including phenoxy) is 1. The minimum atomic E-state index is -4.66. The lowest BCUT2D eigenvalue weighted by atomic mass is 10.2. The van der Waals surface area contributed by atoms with Crippen LogP contribution in [0.5, 0.6) is 5.75 Å².